The van der Waals surface area contributed by atoms with Gasteiger partial charge in [-0.25, -0.2) is 4.98 Å². The third-order valence-corrected chi connectivity index (χ3v) is 4.05. The summed E-state index contributed by atoms with van der Waals surface area (Å²) in [5.74, 6) is 0.850. The third kappa shape index (κ3) is 2.34. The van der Waals surface area contributed by atoms with Gasteiger partial charge in [0.05, 0.1) is 11.0 Å². The van der Waals surface area contributed by atoms with Gasteiger partial charge in [-0.1, -0.05) is 60.7 Å². The Kier molecular flexibility index (Phi) is 3.35. The van der Waals surface area contributed by atoms with Gasteiger partial charge in [-0.15, -0.1) is 0 Å². The van der Waals surface area contributed by atoms with E-state index in [1.165, 1.54) is 0 Å². The van der Waals surface area contributed by atoms with Crippen molar-refractivity contribution in [2.45, 2.75) is 0 Å². The van der Waals surface area contributed by atoms with Crippen molar-refractivity contribution < 1.29 is 0 Å². The summed E-state index contributed by atoms with van der Waals surface area (Å²) < 4.78 is 0. The fraction of sp³-hybridized carbons (Fsp3) is 0. The molecule has 4 aromatic rings. The molecule has 116 valence electrons. The molecule has 0 atom stereocenters. The molecule has 3 aromatic carbocycles. The summed E-state index contributed by atoms with van der Waals surface area (Å²) in [5.41, 5.74) is 11.2. The molecular formula is C20H16N4. The summed E-state index contributed by atoms with van der Waals surface area (Å²) >= 11 is 0. The van der Waals surface area contributed by atoms with E-state index in [9.17, 15) is 0 Å². The predicted molar refractivity (Wildman–Crippen MR) is 98.0 cm³/mol. The Morgan fingerprint density at radius 1 is 0.833 bits per heavy atom. The molecule has 4 N–H and O–H groups in total. The van der Waals surface area contributed by atoms with Crippen LogP contribution < -0.4 is 5.73 Å². The lowest BCUT2D eigenvalue weighted by atomic mass is 9.97. The van der Waals surface area contributed by atoms with Crippen molar-refractivity contribution in [1.29, 1.82) is 5.41 Å². The maximum absolute atomic E-state index is 7.91. The first-order chi connectivity index (χ1) is 11.7. The molecule has 1 aromatic heterocycles. The molecule has 4 rings (SSSR count). The van der Waals surface area contributed by atoms with Crippen molar-refractivity contribution in [3.05, 3.63) is 78.4 Å². The minimum Gasteiger partial charge on any atom is -0.384 e. The van der Waals surface area contributed by atoms with E-state index in [1.54, 1.807) is 0 Å². The first kappa shape index (κ1) is 14.2. The van der Waals surface area contributed by atoms with Crippen LogP contribution in [0.3, 0.4) is 0 Å². The number of nitrogens with one attached hydrogen (secondary N) is 2. The molecule has 1 heterocycles. The van der Waals surface area contributed by atoms with E-state index in [-0.39, 0.29) is 5.84 Å². The average molecular weight is 312 g/mol. The Morgan fingerprint density at radius 2 is 1.46 bits per heavy atom. The van der Waals surface area contributed by atoms with E-state index >= 15 is 0 Å². The minimum atomic E-state index is 0.0417. The fourth-order valence-corrected chi connectivity index (χ4v) is 2.93. The van der Waals surface area contributed by atoms with Gasteiger partial charge >= 0.3 is 0 Å². The third-order valence-electron chi connectivity index (χ3n) is 4.05. The van der Waals surface area contributed by atoms with Crippen LogP contribution in [0, 0.1) is 5.41 Å². The van der Waals surface area contributed by atoms with Gasteiger partial charge in [0.25, 0.3) is 0 Å². The molecule has 0 radical (unpaired) electrons. The van der Waals surface area contributed by atoms with E-state index in [0.717, 1.165) is 33.5 Å². The molecule has 24 heavy (non-hydrogen) atoms. The number of nitrogen functional groups attached to an aromatic ring is 1. The first-order valence-electron chi connectivity index (χ1n) is 7.72. The van der Waals surface area contributed by atoms with Gasteiger partial charge in [0.2, 0.25) is 0 Å². The molecule has 0 aliphatic carbocycles. The number of hydrogen-bond acceptors (Lipinski definition) is 2. The largest absolute Gasteiger partial charge is 0.384 e. The molecule has 0 fully saturated rings. The number of H-pyrrole nitrogens is 1. The highest BCUT2D eigenvalue weighted by atomic mass is 14.9. The van der Waals surface area contributed by atoms with Gasteiger partial charge in [0.15, 0.2) is 0 Å². The zero-order valence-electron chi connectivity index (χ0n) is 13.0. The maximum Gasteiger partial charge on any atom is 0.138 e. The number of rotatable bonds is 3. The molecule has 4 heteroatoms. The highest BCUT2D eigenvalue weighted by Crippen LogP contribution is 2.32. The Bertz CT molecular complexity index is 1020. The van der Waals surface area contributed by atoms with Crippen LogP contribution in [-0.4, -0.2) is 15.8 Å². The van der Waals surface area contributed by atoms with Crippen LogP contribution >= 0.6 is 0 Å². The molecule has 0 unspecified atom stereocenters. The number of aromatic nitrogens is 2. The minimum absolute atomic E-state index is 0.0417. The summed E-state index contributed by atoms with van der Waals surface area (Å²) in [5, 5.41) is 7.91. The normalized spacial score (nSPS) is 10.8. The number of amidine groups is 1. The second-order valence-corrected chi connectivity index (χ2v) is 5.62. The first-order valence-corrected chi connectivity index (χ1v) is 7.72. The van der Waals surface area contributed by atoms with Crippen LogP contribution in [0.1, 0.15) is 5.56 Å². The van der Waals surface area contributed by atoms with E-state index in [4.69, 9.17) is 16.1 Å². The number of aromatic amines is 1. The van der Waals surface area contributed by atoms with Gasteiger partial charge in [-0.2, -0.15) is 0 Å². The van der Waals surface area contributed by atoms with Gasteiger partial charge in [0, 0.05) is 16.7 Å². The Labute approximate surface area is 139 Å². The van der Waals surface area contributed by atoms with Crippen molar-refractivity contribution in [1.82, 2.24) is 9.97 Å². The molecule has 0 amide bonds. The van der Waals surface area contributed by atoms with Crippen molar-refractivity contribution in [3.8, 4) is 22.5 Å². The number of imidazole rings is 1. The fourth-order valence-electron chi connectivity index (χ4n) is 2.93. The second-order valence-electron chi connectivity index (χ2n) is 5.62. The average Bonchev–Trinajstić information content (AvgIpc) is 3.06. The summed E-state index contributed by atoms with van der Waals surface area (Å²) in [6.45, 7) is 0. The zero-order chi connectivity index (χ0) is 16.5. The molecule has 0 saturated carbocycles. The lowest BCUT2D eigenvalue weighted by Gasteiger charge is -2.09. The highest BCUT2D eigenvalue weighted by Gasteiger charge is 2.16. The number of nitrogens with two attached hydrogens (primary N) is 1. The smallest absolute Gasteiger partial charge is 0.138 e. The predicted octanol–water partition coefficient (Wildman–Crippen LogP) is 4.18. The molecule has 4 nitrogen and oxygen atoms in total. The molecule has 0 aliphatic heterocycles. The lowest BCUT2D eigenvalue weighted by Crippen LogP contribution is -2.12. The second kappa shape index (κ2) is 5.66. The van der Waals surface area contributed by atoms with E-state index in [0.29, 0.717) is 5.56 Å². The highest BCUT2D eigenvalue weighted by molar-refractivity contribution is 6.09. The van der Waals surface area contributed by atoms with Gasteiger partial charge in [0.1, 0.15) is 11.7 Å². The van der Waals surface area contributed by atoms with Crippen LogP contribution in [0.15, 0.2) is 72.8 Å². The quantitative estimate of drug-likeness (QED) is 0.392. The standard InChI is InChI=1S/C20H16N4/c21-19(22)15-11-12-16-18(17(15)13-7-3-1-4-8-13)24-20(23-16)14-9-5-2-6-10-14/h1-12H,(H3,21,22)(H,23,24). The van der Waals surface area contributed by atoms with Crippen LogP contribution in [0.25, 0.3) is 33.5 Å². The van der Waals surface area contributed by atoms with Gasteiger partial charge < -0.3 is 10.7 Å². The van der Waals surface area contributed by atoms with Crippen molar-refractivity contribution in [2.24, 2.45) is 5.73 Å². The Morgan fingerprint density at radius 3 is 2.08 bits per heavy atom. The van der Waals surface area contributed by atoms with Crippen LogP contribution in [-0.2, 0) is 0 Å². The number of hydrogen-bond donors (Lipinski definition) is 3. The molecule has 0 aliphatic rings. The maximum atomic E-state index is 7.91. The summed E-state index contributed by atoms with van der Waals surface area (Å²) in [6, 6.07) is 23.7. The summed E-state index contributed by atoms with van der Waals surface area (Å²) in [7, 11) is 0. The number of benzene rings is 3. The lowest BCUT2D eigenvalue weighted by molar-refractivity contribution is 1.34. The topological polar surface area (TPSA) is 78.5 Å². The van der Waals surface area contributed by atoms with Gasteiger partial charge in [-0.3, -0.25) is 5.41 Å². The Hall–Kier alpha value is -3.40. The van der Waals surface area contributed by atoms with Crippen LogP contribution in [0.4, 0.5) is 0 Å². The summed E-state index contributed by atoms with van der Waals surface area (Å²) in [6.07, 6.45) is 0. The number of fused-ring (bicyclic) bond motifs is 1. The summed E-state index contributed by atoms with van der Waals surface area (Å²) in [4.78, 5) is 8.16. The van der Waals surface area contributed by atoms with E-state index < -0.39 is 0 Å². The molecular weight excluding hydrogens is 296 g/mol. The number of nitrogens with zero attached hydrogens (tertiary/aromatic N) is 1. The van der Waals surface area contributed by atoms with Crippen molar-refractivity contribution in [3.63, 3.8) is 0 Å². The van der Waals surface area contributed by atoms with Crippen LogP contribution in [0.2, 0.25) is 0 Å². The van der Waals surface area contributed by atoms with Crippen molar-refractivity contribution >= 4 is 16.9 Å². The van der Waals surface area contributed by atoms with E-state index in [1.807, 2.05) is 72.8 Å². The van der Waals surface area contributed by atoms with Gasteiger partial charge in [-0.05, 0) is 17.7 Å². The molecule has 0 bridgehead atoms. The van der Waals surface area contributed by atoms with Crippen LogP contribution in [0.5, 0.6) is 0 Å². The monoisotopic (exact) mass is 312 g/mol. The van der Waals surface area contributed by atoms with Crippen molar-refractivity contribution in [2.75, 3.05) is 0 Å². The molecule has 0 spiro atoms. The Balaban J connectivity index is 2.02. The molecule has 0 saturated heterocycles. The zero-order valence-corrected chi connectivity index (χ0v) is 13.0. The SMILES string of the molecule is N=C(N)c1ccc2[nH]c(-c3ccccc3)nc2c1-c1ccccc1. The van der Waals surface area contributed by atoms with E-state index in [2.05, 4.69) is 4.98 Å².